The summed E-state index contributed by atoms with van der Waals surface area (Å²) in [6, 6.07) is 0. The van der Waals surface area contributed by atoms with Crippen LogP contribution < -0.4 is 5.73 Å². The molecule has 0 fully saturated rings. The zero-order valence-electron chi connectivity index (χ0n) is 3.86. The Morgan fingerprint density at radius 3 is 1.67 bits per heavy atom. The van der Waals surface area contributed by atoms with E-state index in [2.05, 4.69) is 13.8 Å². The third-order valence-corrected chi connectivity index (χ3v) is 0.471. The molecule has 40 valence electrons. The lowest BCUT2D eigenvalue weighted by atomic mass is 10.2. The Morgan fingerprint density at radius 2 is 1.67 bits per heavy atom. The van der Waals surface area contributed by atoms with E-state index in [1.165, 1.54) is 0 Å². The van der Waals surface area contributed by atoms with E-state index in [0.717, 1.165) is 6.54 Å². The molecule has 0 aromatic heterocycles. The molecular formula is C5H15N. The highest BCUT2D eigenvalue weighted by Gasteiger charge is 1.80. The van der Waals surface area contributed by atoms with Gasteiger partial charge in [0, 0.05) is 0 Å². The molecular weight excluding hydrogens is 74.1 g/mol. The molecule has 1 nitrogen and oxygen atoms in total. The molecule has 0 radical (unpaired) electrons. The Kier molecular flexibility index (Phi) is 7.73. The Morgan fingerprint density at radius 1 is 1.50 bits per heavy atom. The fourth-order valence-corrected chi connectivity index (χ4v) is 0. The Labute approximate surface area is 40.5 Å². The van der Waals surface area contributed by atoms with E-state index in [-0.39, 0.29) is 7.43 Å². The van der Waals surface area contributed by atoms with E-state index >= 15 is 0 Å². The molecule has 0 rings (SSSR count). The summed E-state index contributed by atoms with van der Waals surface area (Å²) in [4.78, 5) is 0. The average molecular weight is 89.2 g/mol. The highest BCUT2D eigenvalue weighted by atomic mass is 14.5. The molecule has 0 saturated heterocycles. The molecule has 0 saturated carbocycles. The molecule has 0 aliphatic heterocycles. The normalized spacial score (nSPS) is 8.00. The van der Waals surface area contributed by atoms with Crippen molar-refractivity contribution in [2.75, 3.05) is 6.54 Å². The van der Waals surface area contributed by atoms with Gasteiger partial charge >= 0.3 is 0 Å². The summed E-state index contributed by atoms with van der Waals surface area (Å²) in [7, 11) is 0. The fraction of sp³-hybridized carbons (Fsp3) is 1.00. The van der Waals surface area contributed by atoms with E-state index in [1.807, 2.05) is 0 Å². The Bertz CT molecular complexity index is 17.9. The third kappa shape index (κ3) is 9.03. The minimum absolute atomic E-state index is 0. The second-order valence-electron chi connectivity index (χ2n) is 1.63. The van der Waals surface area contributed by atoms with E-state index in [1.54, 1.807) is 0 Å². The van der Waals surface area contributed by atoms with Crippen LogP contribution in [0.25, 0.3) is 0 Å². The minimum Gasteiger partial charge on any atom is -0.330 e. The van der Waals surface area contributed by atoms with Gasteiger partial charge in [0.1, 0.15) is 0 Å². The van der Waals surface area contributed by atoms with Gasteiger partial charge in [-0.1, -0.05) is 21.3 Å². The van der Waals surface area contributed by atoms with Gasteiger partial charge in [-0.15, -0.1) is 0 Å². The summed E-state index contributed by atoms with van der Waals surface area (Å²) >= 11 is 0. The van der Waals surface area contributed by atoms with Crippen molar-refractivity contribution in [1.29, 1.82) is 0 Å². The van der Waals surface area contributed by atoms with Crippen LogP contribution in [0.5, 0.6) is 0 Å². The fourth-order valence-electron chi connectivity index (χ4n) is 0. The second kappa shape index (κ2) is 4.96. The Hall–Kier alpha value is -0.0400. The van der Waals surface area contributed by atoms with Crippen molar-refractivity contribution in [3.05, 3.63) is 0 Å². The van der Waals surface area contributed by atoms with Crippen molar-refractivity contribution in [1.82, 2.24) is 0 Å². The van der Waals surface area contributed by atoms with Gasteiger partial charge in [0.2, 0.25) is 0 Å². The highest BCUT2D eigenvalue weighted by Crippen LogP contribution is 1.81. The first-order valence-corrected chi connectivity index (χ1v) is 1.97. The topological polar surface area (TPSA) is 26.0 Å². The molecule has 6 heavy (non-hydrogen) atoms. The monoisotopic (exact) mass is 89.1 g/mol. The molecule has 1 heteroatoms. The zero-order valence-corrected chi connectivity index (χ0v) is 3.86. The molecule has 0 aromatic carbocycles. The summed E-state index contributed by atoms with van der Waals surface area (Å²) in [5.74, 6) is 0.662. The lowest BCUT2D eigenvalue weighted by Crippen LogP contribution is -2.05. The van der Waals surface area contributed by atoms with E-state index < -0.39 is 0 Å². The first-order chi connectivity index (χ1) is 2.27. The molecule has 0 unspecified atom stereocenters. The third-order valence-electron chi connectivity index (χ3n) is 0.471. The van der Waals surface area contributed by atoms with Gasteiger partial charge < -0.3 is 5.73 Å². The smallest absolute Gasteiger partial charge is 0.00541 e. The standard InChI is InChI=1S/C4H11N.CH4/c1-4(2)3-5;/h4H,3,5H2,1-2H3;1H4. The van der Waals surface area contributed by atoms with Crippen molar-refractivity contribution in [2.24, 2.45) is 11.7 Å². The first kappa shape index (κ1) is 9.35. The predicted molar refractivity (Wildman–Crippen MR) is 30.6 cm³/mol. The van der Waals surface area contributed by atoms with Crippen LogP contribution in [0.3, 0.4) is 0 Å². The van der Waals surface area contributed by atoms with E-state index in [4.69, 9.17) is 5.73 Å². The Balaban J connectivity index is 0. The van der Waals surface area contributed by atoms with Gasteiger partial charge in [0.05, 0.1) is 0 Å². The average Bonchev–Trinajstić information content (AvgIpc) is 1.38. The maximum Gasteiger partial charge on any atom is -0.00541 e. The summed E-state index contributed by atoms with van der Waals surface area (Å²) in [5.41, 5.74) is 5.17. The van der Waals surface area contributed by atoms with Gasteiger partial charge in [0.15, 0.2) is 0 Å². The van der Waals surface area contributed by atoms with Crippen molar-refractivity contribution < 1.29 is 0 Å². The zero-order chi connectivity index (χ0) is 4.28. The van der Waals surface area contributed by atoms with E-state index in [9.17, 15) is 0 Å². The quantitative estimate of drug-likeness (QED) is 0.514. The molecule has 0 atom stereocenters. The lowest BCUT2D eigenvalue weighted by molar-refractivity contribution is 0.664. The van der Waals surface area contributed by atoms with Crippen LogP contribution >= 0.6 is 0 Å². The van der Waals surface area contributed by atoms with Crippen molar-refractivity contribution in [3.63, 3.8) is 0 Å². The second-order valence-corrected chi connectivity index (χ2v) is 1.63. The molecule has 0 spiro atoms. The molecule has 2 N–H and O–H groups in total. The van der Waals surface area contributed by atoms with Crippen LogP contribution in [0.1, 0.15) is 21.3 Å². The van der Waals surface area contributed by atoms with Gasteiger partial charge in [0.25, 0.3) is 0 Å². The van der Waals surface area contributed by atoms with E-state index in [0.29, 0.717) is 5.92 Å². The minimum atomic E-state index is 0. The first-order valence-electron chi connectivity index (χ1n) is 1.97. The number of rotatable bonds is 1. The number of hydrogen-bond donors (Lipinski definition) is 1. The van der Waals surface area contributed by atoms with Gasteiger partial charge in [-0.25, -0.2) is 0 Å². The molecule has 0 aliphatic carbocycles. The van der Waals surface area contributed by atoms with Gasteiger partial charge in [-0.3, -0.25) is 0 Å². The van der Waals surface area contributed by atoms with Crippen LogP contribution in [-0.4, -0.2) is 6.54 Å². The maximum absolute atomic E-state index is 5.17. The SMILES string of the molecule is C.CC(C)CN. The van der Waals surface area contributed by atoms with Crippen LogP contribution in [0.4, 0.5) is 0 Å². The summed E-state index contributed by atoms with van der Waals surface area (Å²) < 4.78 is 0. The van der Waals surface area contributed by atoms with Crippen molar-refractivity contribution in [2.45, 2.75) is 21.3 Å². The molecule has 0 aliphatic rings. The van der Waals surface area contributed by atoms with Gasteiger partial charge in [-0.05, 0) is 12.5 Å². The van der Waals surface area contributed by atoms with Crippen molar-refractivity contribution >= 4 is 0 Å². The summed E-state index contributed by atoms with van der Waals surface area (Å²) in [6.45, 7) is 5.00. The van der Waals surface area contributed by atoms with Crippen LogP contribution in [-0.2, 0) is 0 Å². The van der Waals surface area contributed by atoms with Crippen LogP contribution in [0.2, 0.25) is 0 Å². The lowest BCUT2D eigenvalue weighted by Gasteiger charge is -1.91. The number of hydrogen-bond acceptors (Lipinski definition) is 1. The maximum atomic E-state index is 5.17. The molecule has 0 aromatic rings. The highest BCUT2D eigenvalue weighted by molar-refractivity contribution is 4.38. The molecule has 0 amide bonds. The summed E-state index contributed by atoms with van der Waals surface area (Å²) in [5, 5.41) is 0. The van der Waals surface area contributed by atoms with Crippen molar-refractivity contribution in [3.8, 4) is 0 Å². The summed E-state index contributed by atoms with van der Waals surface area (Å²) in [6.07, 6.45) is 0. The van der Waals surface area contributed by atoms with Gasteiger partial charge in [-0.2, -0.15) is 0 Å². The molecule has 0 bridgehead atoms. The van der Waals surface area contributed by atoms with Crippen LogP contribution in [0, 0.1) is 5.92 Å². The largest absolute Gasteiger partial charge is 0.330 e. The number of nitrogens with two attached hydrogens (primary N) is 1. The predicted octanol–water partition coefficient (Wildman–Crippen LogP) is 1.24. The molecule has 0 heterocycles. The van der Waals surface area contributed by atoms with Crippen LogP contribution in [0.15, 0.2) is 0 Å².